The molecule has 1 amide bonds. The van der Waals surface area contributed by atoms with Crippen LogP contribution in [-0.2, 0) is 11.2 Å². The number of ether oxygens (including phenoxy) is 1. The quantitative estimate of drug-likeness (QED) is 0.470. The fourth-order valence-corrected chi connectivity index (χ4v) is 4.32. The van der Waals surface area contributed by atoms with Gasteiger partial charge in [0, 0.05) is 17.7 Å². The summed E-state index contributed by atoms with van der Waals surface area (Å²) >= 11 is 0. The molecule has 5 heteroatoms. The van der Waals surface area contributed by atoms with E-state index in [-0.39, 0.29) is 17.7 Å². The minimum absolute atomic E-state index is 0.0227. The van der Waals surface area contributed by atoms with Gasteiger partial charge in [-0.25, -0.2) is 0 Å². The molecule has 0 bridgehead atoms. The van der Waals surface area contributed by atoms with Crippen molar-refractivity contribution in [3.8, 4) is 5.75 Å². The molecular formula is C28H29NO4. The average molecular weight is 444 g/mol. The Kier molecular flexibility index (Phi) is 6.50. The van der Waals surface area contributed by atoms with Gasteiger partial charge in [0.05, 0.1) is 12.5 Å². The van der Waals surface area contributed by atoms with Crippen LogP contribution in [0.3, 0.4) is 0 Å². The van der Waals surface area contributed by atoms with Gasteiger partial charge in [-0.15, -0.1) is 0 Å². The van der Waals surface area contributed by atoms with Crippen molar-refractivity contribution < 1.29 is 19.4 Å². The fourth-order valence-electron chi connectivity index (χ4n) is 4.32. The number of amides is 1. The molecule has 0 saturated heterocycles. The van der Waals surface area contributed by atoms with Gasteiger partial charge in [0.2, 0.25) is 0 Å². The second-order valence-corrected chi connectivity index (χ2v) is 8.83. The molecule has 0 spiro atoms. The fraction of sp³-hybridized carbons (Fsp3) is 0.286. The Hall–Kier alpha value is -3.60. The van der Waals surface area contributed by atoms with Gasteiger partial charge in [-0.1, -0.05) is 42.5 Å². The molecule has 0 radical (unpaired) electrons. The van der Waals surface area contributed by atoms with Crippen LogP contribution in [0.15, 0.2) is 60.7 Å². The van der Waals surface area contributed by atoms with Crippen molar-refractivity contribution >= 4 is 17.6 Å². The van der Waals surface area contributed by atoms with Gasteiger partial charge in [0.1, 0.15) is 5.75 Å². The first-order valence-electron chi connectivity index (χ1n) is 11.3. The highest BCUT2D eigenvalue weighted by atomic mass is 16.5. The molecule has 0 aliphatic heterocycles. The molecule has 0 aromatic heterocycles. The third-order valence-electron chi connectivity index (χ3n) is 6.28. The van der Waals surface area contributed by atoms with Gasteiger partial charge in [0.15, 0.2) is 0 Å². The molecule has 3 aromatic carbocycles. The van der Waals surface area contributed by atoms with E-state index in [1.807, 2.05) is 69.3 Å². The van der Waals surface area contributed by atoms with E-state index in [1.165, 1.54) is 5.56 Å². The number of carbonyl (C=O) groups is 2. The van der Waals surface area contributed by atoms with E-state index in [0.29, 0.717) is 18.6 Å². The average Bonchev–Trinajstić information content (AvgIpc) is 3.57. The summed E-state index contributed by atoms with van der Waals surface area (Å²) in [5, 5.41) is 12.3. The second-order valence-electron chi connectivity index (χ2n) is 8.83. The standard InChI is InChI=1S/C28H29NO4/c1-17-9-10-21(23-16-24(23)28(31)32)15-25(17)29-27(30)26-18(2)13-22(14-19(26)3)33-12-11-20-7-5-4-6-8-20/h4-10,13-15,23-24H,11-12,16H2,1-3H3,(H,29,30)(H,31,32)/t23?,24-/m0/s1. The van der Waals surface area contributed by atoms with Crippen LogP contribution in [0.25, 0.3) is 0 Å². The maximum absolute atomic E-state index is 13.1. The molecule has 1 aliphatic carbocycles. The maximum atomic E-state index is 13.1. The number of benzene rings is 3. The Labute approximate surface area is 194 Å². The van der Waals surface area contributed by atoms with E-state index in [4.69, 9.17) is 4.74 Å². The molecule has 33 heavy (non-hydrogen) atoms. The predicted octanol–water partition coefficient (Wildman–Crippen LogP) is 5.67. The highest BCUT2D eigenvalue weighted by molar-refractivity contribution is 6.06. The Morgan fingerprint density at radius 3 is 2.30 bits per heavy atom. The number of aryl methyl sites for hydroxylation is 3. The van der Waals surface area contributed by atoms with Crippen molar-refractivity contribution in [1.82, 2.24) is 0 Å². The topological polar surface area (TPSA) is 75.6 Å². The smallest absolute Gasteiger partial charge is 0.307 e. The number of aliphatic carboxylic acids is 1. The molecule has 0 heterocycles. The van der Waals surface area contributed by atoms with Crippen molar-refractivity contribution in [3.63, 3.8) is 0 Å². The third kappa shape index (κ3) is 5.25. The summed E-state index contributed by atoms with van der Waals surface area (Å²) in [5.41, 5.74) is 6.17. The lowest BCUT2D eigenvalue weighted by atomic mass is 10.0. The molecular weight excluding hydrogens is 414 g/mol. The van der Waals surface area contributed by atoms with Crippen molar-refractivity contribution in [2.24, 2.45) is 5.92 Å². The number of rotatable bonds is 8. The zero-order valence-electron chi connectivity index (χ0n) is 19.2. The molecule has 1 aliphatic rings. The van der Waals surface area contributed by atoms with Gasteiger partial charge in [-0.05, 0) is 79.1 Å². The SMILES string of the molecule is Cc1ccc(C2C[C@@H]2C(=O)O)cc1NC(=O)c1c(C)cc(OCCc2ccccc2)cc1C. The van der Waals surface area contributed by atoms with Gasteiger partial charge in [-0.2, -0.15) is 0 Å². The number of carboxylic acid groups (broad SMARTS) is 1. The van der Waals surface area contributed by atoms with E-state index in [0.717, 1.165) is 40.1 Å². The van der Waals surface area contributed by atoms with E-state index in [9.17, 15) is 14.7 Å². The van der Waals surface area contributed by atoms with Crippen LogP contribution in [0.2, 0.25) is 0 Å². The second kappa shape index (κ2) is 9.49. The number of hydrogen-bond acceptors (Lipinski definition) is 3. The molecule has 5 nitrogen and oxygen atoms in total. The third-order valence-corrected chi connectivity index (χ3v) is 6.28. The monoisotopic (exact) mass is 443 g/mol. The molecule has 2 N–H and O–H groups in total. The lowest BCUT2D eigenvalue weighted by Gasteiger charge is -2.15. The maximum Gasteiger partial charge on any atom is 0.307 e. The normalized spacial score (nSPS) is 16.8. The number of nitrogens with one attached hydrogen (secondary N) is 1. The summed E-state index contributed by atoms with van der Waals surface area (Å²) in [5.74, 6) is -0.482. The number of carbonyl (C=O) groups excluding carboxylic acids is 1. The first kappa shape index (κ1) is 22.6. The highest BCUT2D eigenvalue weighted by Crippen LogP contribution is 2.48. The van der Waals surface area contributed by atoms with E-state index in [2.05, 4.69) is 17.4 Å². The minimum atomic E-state index is -0.761. The van der Waals surface area contributed by atoms with E-state index < -0.39 is 5.97 Å². The molecule has 4 rings (SSSR count). The van der Waals surface area contributed by atoms with Gasteiger partial charge in [-0.3, -0.25) is 9.59 Å². The molecule has 2 atom stereocenters. The Morgan fingerprint density at radius 2 is 1.67 bits per heavy atom. The Morgan fingerprint density at radius 1 is 0.970 bits per heavy atom. The van der Waals surface area contributed by atoms with Crippen LogP contribution in [0.5, 0.6) is 5.75 Å². The van der Waals surface area contributed by atoms with E-state index in [1.54, 1.807) is 0 Å². The Balaban J connectivity index is 1.44. The molecule has 1 saturated carbocycles. The molecule has 1 fully saturated rings. The summed E-state index contributed by atoms with van der Waals surface area (Å²) in [6, 6.07) is 19.8. The Bertz CT molecular complexity index is 1160. The van der Waals surface area contributed by atoms with Crippen molar-refractivity contribution in [1.29, 1.82) is 0 Å². The lowest BCUT2D eigenvalue weighted by Crippen LogP contribution is -2.16. The van der Waals surface area contributed by atoms with Gasteiger partial charge < -0.3 is 15.2 Å². The summed E-state index contributed by atoms with van der Waals surface area (Å²) in [7, 11) is 0. The van der Waals surface area contributed by atoms with Crippen LogP contribution >= 0.6 is 0 Å². The predicted molar refractivity (Wildman–Crippen MR) is 129 cm³/mol. The molecule has 3 aromatic rings. The van der Waals surface area contributed by atoms with Crippen LogP contribution in [-0.4, -0.2) is 23.6 Å². The zero-order chi connectivity index (χ0) is 23.5. The summed E-state index contributed by atoms with van der Waals surface area (Å²) in [4.78, 5) is 24.4. The van der Waals surface area contributed by atoms with Gasteiger partial charge >= 0.3 is 5.97 Å². The largest absolute Gasteiger partial charge is 0.493 e. The number of anilines is 1. The van der Waals surface area contributed by atoms with Crippen LogP contribution in [0.1, 0.15) is 50.5 Å². The van der Waals surface area contributed by atoms with Gasteiger partial charge in [0.25, 0.3) is 5.91 Å². The van der Waals surface area contributed by atoms with Crippen molar-refractivity contribution in [3.05, 3.63) is 94.0 Å². The zero-order valence-corrected chi connectivity index (χ0v) is 19.2. The first-order valence-corrected chi connectivity index (χ1v) is 11.3. The minimum Gasteiger partial charge on any atom is -0.493 e. The summed E-state index contributed by atoms with van der Waals surface area (Å²) in [6.45, 7) is 6.33. The van der Waals surface area contributed by atoms with Crippen molar-refractivity contribution in [2.45, 2.75) is 39.5 Å². The summed E-state index contributed by atoms with van der Waals surface area (Å²) in [6.07, 6.45) is 1.47. The molecule has 170 valence electrons. The highest BCUT2D eigenvalue weighted by Gasteiger charge is 2.44. The first-order chi connectivity index (χ1) is 15.8. The lowest BCUT2D eigenvalue weighted by molar-refractivity contribution is -0.138. The van der Waals surface area contributed by atoms with Crippen molar-refractivity contribution in [2.75, 3.05) is 11.9 Å². The van der Waals surface area contributed by atoms with Crippen LogP contribution in [0.4, 0.5) is 5.69 Å². The number of hydrogen-bond donors (Lipinski definition) is 2. The van der Waals surface area contributed by atoms with Crippen LogP contribution < -0.4 is 10.1 Å². The molecule has 1 unspecified atom stereocenters. The number of carboxylic acids is 1. The summed E-state index contributed by atoms with van der Waals surface area (Å²) < 4.78 is 5.94. The van der Waals surface area contributed by atoms with E-state index >= 15 is 0 Å². The van der Waals surface area contributed by atoms with Crippen LogP contribution in [0, 0.1) is 26.7 Å².